The molecule has 1 spiro atoms. The van der Waals surface area contributed by atoms with E-state index in [9.17, 15) is 14.0 Å². The highest BCUT2D eigenvalue weighted by Crippen LogP contribution is 2.73. The molecule has 1 saturated heterocycles. The largest absolute Gasteiger partial charge is 0.272 e. The highest BCUT2D eigenvalue weighted by atomic mass is 19.1. The Labute approximate surface area is 132 Å². The van der Waals surface area contributed by atoms with Crippen LogP contribution in [0.4, 0.5) is 4.39 Å². The summed E-state index contributed by atoms with van der Waals surface area (Å²) in [5.41, 5.74) is 0.858. The fourth-order valence-corrected chi connectivity index (χ4v) is 4.85. The van der Waals surface area contributed by atoms with Gasteiger partial charge in [0.1, 0.15) is 5.82 Å². The van der Waals surface area contributed by atoms with Crippen LogP contribution in [0.5, 0.6) is 0 Å². The number of imide groups is 1. The molecule has 1 heterocycles. The SMILES string of the molecule is O=C1[C@@H]2[C@@H](C(=O)N1/N=C\c1ccc(F)cc1)[C@H]1C=C[C@H]2C12CC2. The second-order valence-electron chi connectivity index (χ2n) is 7.01. The third-order valence-electron chi connectivity index (χ3n) is 6.02. The molecule has 3 fully saturated rings. The maximum absolute atomic E-state index is 12.9. The minimum atomic E-state index is -0.331. The molecule has 5 heteroatoms. The summed E-state index contributed by atoms with van der Waals surface area (Å²) in [4.78, 5) is 25.4. The minimum absolute atomic E-state index is 0.179. The molecule has 0 aromatic heterocycles. The number of hydrogen-bond acceptors (Lipinski definition) is 3. The Morgan fingerprint density at radius 2 is 1.61 bits per heavy atom. The average molecular weight is 310 g/mol. The standard InChI is InChI=1S/C18H15FN2O2/c19-11-3-1-10(2-4-11)9-20-21-16(22)14-12-5-6-13(15(14)17(21)23)18(12)7-8-18/h1-6,9,12-15H,7-8H2/b20-9-/t12-,13-,14+,15+/m1/s1. The zero-order valence-corrected chi connectivity index (χ0v) is 12.4. The maximum Gasteiger partial charge on any atom is 0.254 e. The fraction of sp³-hybridized carbons (Fsp3) is 0.389. The smallest absolute Gasteiger partial charge is 0.254 e. The molecule has 1 aromatic carbocycles. The predicted molar refractivity (Wildman–Crippen MR) is 80.6 cm³/mol. The van der Waals surface area contributed by atoms with Crippen molar-refractivity contribution in [2.24, 2.45) is 34.2 Å². The van der Waals surface area contributed by atoms with Crippen LogP contribution in [0.2, 0.25) is 0 Å². The van der Waals surface area contributed by atoms with Crippen molar-refractivity contribution in [2.45, 2.75) is 12.8 Å². The van der Waals surface area contributed by atoms with E-state index in [-0.39, 0.29) is 46.7 Å². The number of halogens is 1. The zero-order valence-electron chi connectivity index (χ0n) is 12.4. The lowest BCUT2D eigenvalue weighted by atomic mass is 9.85. The molecule has 0 unspecified atom stereocenters. The molecule has 2 bridgehead atoms. The van der Waals surface area contributed by atoms with Crippen LogP contribution in [0, 0.1) is 34.9 Å². The highest BCUT2D eigenvalue weighted by Gasteiger charge is 2.73. The molecule has 3 aliphatic carbocycles. The number of hydrazone groups is 1. The van der Waals surface area contributed by atoms with Gasteiger partial charge in [0.15, 0.2) is 0 Å². The molecule has 5 rings (SSSR count). The van der Waals surface area contributed by atoms with Gasteiger partial charge >= 0.3 is 0 Å². The first-order valence-corrected chi connectivity index (χ1v) is 7.97. The lowest BCUT2D eigenvalue weighted by molar-refractivity contribution is -0.141. The molecule has 4 nitrogen and oxygen atoms in total. The van der Waals surface area contributed by atoms with Crippen molar-refractivity contribution in [3.05, 3.63) is 47.8 Å². The van der Waals surface area contributed by atoms with E-state index in [1.54, 1.807) is 12.1 Å². The summed E-state index contributed by atoms with van der Waals surface area (Å²) < 4.78 is 12.9. The Morgan fingerprint density at radius 1 is 1.04 bits per heavy atom. The zero-order chi connectivity index (χ0) is 15.8. The third kappa shape index (κ3) is 1.57. The van der Waals surface area contributed by atoms with E-state index in [4.69, 9.17) is 0 Å². The van der Waals surface area contributed by atoms with E-state index in [2.05, 4.69) is 17.3 Å². The Morgan fingerprint density at radius 3 is 2.13 bits per heavy atom. The van der Waals surface area contributed by atoms with Crippen LogP contribution in [0.1, 0.15) is 18.4 Å². The molecule has 1 aliphatic heterocycles. The Balaban J connectivity index is 1.43. The molecule has 4 aliphatic rings. The summed E-state index contributed by atoms with van der Waals surface area (Å²) in [5, 5.41) is 5.12. The third-order valence-corrected chi connectivity index (χ3v) is 6.02. The Hall–Kier alpha value is -2.30. The van der Waals surface area contributed by atoms with Gasteiger partial charge < -0.3 is 0 Å². The number of rotatable bonds is 2. The van der Waals surface area contributed by atoms with E-state index >= 15 is 0 Å². The first-order chi connectivity index (χ1) is 11.1. The summed E-state index contributed by atoms with van der Waals surface area (Å²) in [5.74, 6) is -0.735. The van der Waals surface area contributed by atoms with Crippen LogP contribution in [0.25, 0.3) is 0 Å². The van der Waals surface area contributed by atoms with Crippen molar-refractivity contribution in [2.75, 3.05) is 0 Å². The number of carbonyl (C=O) groups is 2. The fourth-order valence-electron chi connectivity index (χ4n) is 4.85. The van der Waals surface area contributed by atoms with Crippen LogP contribution in [0.3, 0.4) is 0 Å². The molecule has 23 heavy (non-hydrogen) atoms. The number of nitrogens with zero attached hydrogens (tertiary/aromatic N) is 2. The van der Waals surface area contributed by atoms with Crippen LogP contribution in [-0.2, 0) is 9.59 Å². The summed E-state index contributed by atoms with van der Waals surface area (Å²) in [6, 6.07) is 5.78. The molecule has 1 aromatic rings. The normalized spacial score (nSPS) is 35.8. The number of hydrogen-bond donors (Lipinski definition) is 0. The number of allylic oxidation sites excluding steroid dienone is 2. The maximum atomic E-state index is 12.9. The number of amides is 2. The molecule has 2 saturated carbocycles. The van der Waals surface area contributed by atoms with Gasteiger partial charge in [-0.25, -0.2) is 4.39 Å². The summed E-state index contributed by atoms with van der Waals surface area (Å²) >= 11 is 0. The molecule has 0 radical (unpaired) electrons. The van der Waals surface area contributed by atoms with Crippen LogP contribution >= 0.6 is 0 Å². The van der Waals surface area contributed by atoms with Crippen LogP contribution in [0.15, 0.2) is 41.5 Å². The van der Waals surface area contributed by atoms with E-state index in [1.807, 2.05) is 0 Å². The van der Waals surface area contributed by atoms with E-state index in [1.165, 1.54) is 18.3 Å². The van der Waals surface area contributed by atoms with Gasteiger partial charge in [0.2, 0.25) is 0 Å². The monoisotopic (exact) mass is 310 g/mol. The highest BCUT2D eigenvalue weighted by molar-refractivity contribution is 6.07. The van der Waals surface area contributed by atoms with Crippen LogP contribution < -0.4 is 0 Å². The van der Waals surface area contributed by atoms with E-state index in [0.717, 1.165) is 17.9 Å². The predicted octanol–water partition coefficient (Wildman–Crippen LogP) is 2.36. The molecule has 116 valence electrons. The van der Waals surface area contributed by atoms with Crippen molar-refractivity contribution in [3.63, 3.8) is 0 Å². The van der Waals surface area contributed by atoms with Gasteiger partial charge in [-0.15, -0.1) is 0 Å². The molecule has 2 amide bonds. The summed E-state index contributed by atoms with van der Waals surface area (Å²) in [6.07, 6.45) is 7.97. The van der Waals surface area contributed by atoms with Crippen molar-refractivity contribution in [3.8, 4) is 0 Å². The van der Waals surface area contributed by atoms with Gasteiger partial charge in [-0.2, -0.15) is 10.1 Å². The van der Waals surface area contributed by atoms with Crippen molar-refractivity contribution in [1.82, 2.24) is 5.01 Å². The van der Waals surface area contributed by atoms with Gasteiger partial charge in [0.25, 0.3) is 11.8 Å². The second-order valence-corrected chi connectivity index (χ2v) is 7.01. The molecular formula is C18H15FN2O2. The minimum Gasteiger partial charge on any atom is -0.272 e. The van der Waals surface area contributed by atoms with Gasteiger partial charge in [0, 0.05) is 0 Å². The van der Waals surface area contributed by atoms with Gasteiger partial charge in [-0.05, 0) is 47.8 Å². The van der Waals surface area contributed by atoms with Crippen molar-refractivity contribution in [1.29, 1.82) is 0 Å². The van der Waals surface area contributed by atoms with E-state index < -0.39 is 0 Å². The van der Waals surface area contributed by atoms with Crippen molar-refractivity contribution >= 4 is 18.0 Å². The quantitative estimate of drug-likeness (QED) is 0.478. The number of benzene rings is 1. The van der Waals surface area contributed by atoms with Crippen LogP contribution in [-0.4, -0.2) is 23.0 Å². The van der Waals surface area contributed by atoms with Crippen molar-refractivity contribution < 1.29 is 14.0 Å². The lowest BCUT2D eigenvalue weighted by Crippen LogP contribution is -2.30. The van der Waals surface area contributed by atoms with Gasteiger partial charge in [0.05, 0.1) is 18.1 Å². The summed E-state index contributed by atoms with van der Waals surface area (Å²) in [7, 11) is 0. The molecular weight excluding hydrogens is 295 g/mol. The number of fused-ring (bicyclic) bond motifs is 3. The lowest BCUT2D eigenvalue weighted by Gasteiger charge is -2.18. The Bertz CT molecular complexity index is 745. The van der Waals surface area contributed by atoms with Gasteiger partial charge in [-0.3, -0.25) is 9.59 Å². The summed E-state index contributed by atoms with van der Waals surface area (Å²) in [6.45, 7) is 0. The first kappa shape index (κ1) is 13.2. The Kier molecular flexibility index (Phi) is 2.38. The van der Waals surface area contributed by atoms with E-state index in [0.29, 0.717) is 5.56 Å². The molecule has 0 N–H and O–H groups in total. The molecule has 4 atom stereocenters. The topological polar surface area (TPSA) is 49.7 Å². The first-order valence-electron chi connectivity index (χ1n) is 7.97. The second kappa shape index (κ2) is 4.16. The number of carbonyl (C=O) groups excluding carboxylic acids is 2. The average Bonchev–Trinajstić information content (AvgIpc) is 3.15. The van der Waals surface area contributed by atoms with Gasteiger partial charge in [-0.1, -0.05) is 24.3 Å².